The van der Waals surface area contributed by atoms with Gasteiger partial charge >= 0.3 is 0 Å². The van der Waals surface area contributed by atoms with Crippen molar-refractivity contribution in [1.82, 2.24) is 0 Å². The molecule has 2 unspecified atom stereocenters. The number of carbonyl (C=O) groups excluding carboxylic acids is 1. The summed E-state index contributed by atoms with van der Waals surface area (Å²) in [7, 11) is 0. The second kappa shape index (κ2) is 18.0. The maximum absolute atomic E-state index is 11.5. The van der Waals surface area contributed by atoms with Gasteiger partial charge in [0.25, 0.3) is 0 Å². The molecule has 0 spiro atoms. The molecule has 2 aromatic rings. The molecule has 0 heterocycles. The normalized spacial score (nSPS) is 17.5. The molecule has 1 radical (unpaired) electrons. The molecule has 0 aliphatic heterocycles. The SMILES string of the molecule is CC(=O)[O-].CCC(C)(C)c1cc(C=NC2CCCCC2N=Cc2cc(C(C)(C)CC)cc(C(C)(C)CC)c2O)c(O)c(C(C)(C)CC)c1.[Co]. The van der Waals surface area contributed by atoms with Gasteiger partial charge in [0.05, 0.1) is 12.1 Å². The van der Waals surface area contributed by atoms with Crippen LogP contribution in [0.3, 0.4) is 0 Å². The van der Waals surface area contributed by atoms with Gasteiger partial charge < -0.3 is 20.1 Å². The number of aliphatic carboxylic acids is 1. The van der Waals surface area contributed by atoms with Crippen molar-refractivity contribution >= 4 is 18.4 Å². The van der Waals surface area contributed by atoms with Crippen LogP contribution in [0.2, 0.25) is 0 Å². The van der Waals surface area contributed by atoms with E-state index >= 15 is 0 Å². The monoisotopic (exact) mass is 720 g/mol. The Morgan fingerprint density at radius 3 is 1.22 bits per heavy atom. The van der Waals surface area contributed by atoms with E-state index in [0.717, 1.165) is 80.5 Å². The minimum absolute atomic E-state index is 0. The Balaban J connectivity index is 0.00000227. The Hall–Kier alpha value is -2.64. The molecule has 1 aliphatic carbocycles. The van der Waals surface area contributed by atoms with Crippen molar-refractivity contribution in [2.75, 3.05) is 0 Å². The minimum Gasteiger partial charge on any atom is -0.550 e. The van der Waals surface area contributed by atoms with E-state index in [4.69, 9.17) is 19.9 Å². The summed E-state index contributed by atoms with van der Waals surface area (Å²) in [4.78, 5) is 19.1. The molecule has 0 bridgehead atoms. The van der Waals surface area contributed by atoms with E-state index in [1.165, 1.54) is 11.1 Å². The zero-order chi connectivity index (χ0) is 36.7. The number of benzene rings is 2. The van der Waals surface area contributed by atoms with Gasteiger partial charge in [-0.15, -0.1) is 0 Å². The third-order valence-electron chi connectivity index (χ3n) is 11.3. The zero-order valence-electron chi connectivity index (χ0n) is 32.7. The first kappa shape index (κ1) is 44.4. The number of carboxylic acid groups (broad SMARTS) is 1. The fourth-order valence-electron chi connectivity index (χ4n) is 5.90. The summed E-state index contributed by atoms with van der Waals surface area (Å²) in [5.74, 6) is -0.392. The Bertz CT molecular complexity index is 1350. The molecular weight excluding hydrogens is 655 g/mol. The molecule has 2 N–H and O–H groups in total. The van der Waals surface area contributed by atoms with E-state index in [1.54, 1.807) is 0 Å². The summed E-state index contributed by atoms with van der Waals surface area (Å²) in [6.07, 6.45) is 11.9. The van der Waals surface area contributed by atoms with Crippen LogP contribution in [-0.2, 0) is 43.2 Å². The van der Waals surface area contributed by atoms with Crippen LogP contribution in [0.25, 0.3) is 0 Å². The second-order valence-corrected chi connectivity index (χ2v) is 16.3. The molecule has 7 heteroatoms. The van der Waals surface area contributed by atoms with Crippen LogP contribution in [-0.4, -0.2) is 40.7 Å². The number of aliphatic imine (C=N–C) groups is 2. The predicted octanol–water partition coefficient (Wildman–Crippen LogP) is 9.45. The Morgan fingerprint density at radius 2 is 0.959 bits per heavy atom. The summed E-state index contributed by atoms with van der Waals surface area (Å²) in [5, 5.41) is 31.8. The van der Waals surface area contributed by atoms with Crippen LogP contribution in [0.1, 0.15) is 175 Å². The number of hydrogen-bond donors (Lipinski definition) is 2. The maximum atomic E-state index is 11.5. The number of carboxylic acids is 1. The van der Waals surface area contributed by atoms with Crippen LogP contribution < -0.4 is 5.11 Å². The molecule has 0 amide bonds. The van der Waals surface area contributed by atoms with Crippen molar-refractivity contribution in [2.45, 2.75) is 175 Å². The number of phenols is 2. The summed E-state index contributed by atoms with van der Waals surface area (Å²) < 4.78 is 0. The van der Waals surface area contributed by atoms with Crippen LogP contribution in [0, 0.1) is 0 Å². The van der Waals surface area contributed by atoms with Crippen LogP contribution in [0.15, 0.2) is 34.3 Å². The Morgan fingerprint density at radius 1 is 0.673 bits per heavy atom. The fraction of sp³-hybridized carbons (Fsp3) is 0.643. The predicted molar refractivity (Wildman–Crippen MR) is 201 cm³/mol. The van der Waals surface area contributed by atoms with E-state index < -0.39 is 5.97 Å². The standard InChI is InChI=1S/C40H62N2O2.C2H4O2.Co/c1-13-37(5,6)29-21-27(35(43)31(23-29)39(9,10)15-3)25-41-33-19-17-18-20-34(33)42-26-28-22-30(38(7,8)14-2)24-32(36(28)44)40(11,12)16-4;1-2(3)4;/h21-26,33-34,43-44H,13-20H2,1-12H3;1H3,(H,3,4);/p-1. The van der Waals surface area contributed by atoms with E-state index in [-0.39, 0.29) is 50.5 Å². The number of rotatable bonds is 12. The number of hydrogen-bond acceptors (Lipinski definition) is 6. The fourth-order valence-corrected chi connectivity index (χ4v) is 5.90. The largest absolute Gasteiger partial charge is 0.550 e. The quantitative estimate of drug-likeness (QED) is 0.213. The van der Waals surface area contributed by atoms with Crippen molar-refractivity contribution < 1.29 is 36.9 Å². The van der Waals surface area contributed by atoms with Crippen molar-refractivity contribution in [2.24, 2.45) is 9.98 Å². The first-order valence-corrected chi connectivity index (χ1v) is 18.2. The van der Waals surface area contributed by atoms with Crippen molar-refractivity contribution in [3.8, 4) is 11.5 Å². The Labute approximate surface area is 308 Å². The molecule has 1 aliphatic rings. The maximum Gasteiger partial charge on any atom is 0.128 e. The summed E-state index contributed by atoms with van der Waals surface area (Å²) in [6, 6.07) is 8.76. The molecule has 2 aromatic carbocycles. The summed E-state index contributed by atoms with van der Waals surface area (Å²) >= 11 is 0. The summed E-state index contributed by atoms with van der Waals surface area (Å²) in [6.45, 7) is 27.7. The summed E-state index contributed by atoms with van der Waals surface area (Å²) in [5.41, 5.74) is 5.79. The third-order valence-corrected chi connectivity index (χ3v) is 11.3. The van der Waals surface area contributed by atoms with Crippen LogP contribution in [0.5, 0.6) is 11.5 Å². The molecule has 1 fully saturated rings. The number of phenolic OH excluding ortho intramolecular Hbond substituents is 2. The van der Waals surface area contributed by atoms with Gasteiger partial charge in [0.1, 0.15) is 11.5 Å². The molecule has 277 valence electrons. The molecular formula is C42H65CoN2O4-. The van der Waals surface area contributed by atoms with Crippen molar-refractivity contribution in [3.63, 3.8) is 0 Å². The topological polar surface area (TPSA) is 105 Å². The molecule has 6 nitrogen and oxygen atoms in total. The first-order chi connectivity index (χ1) is 22.2. The third kappa shape index (κ3) is 11.4. The van der Waals surface area contributed by atoms with Gasteiger partial charge in [-0.25, -0.2) is 0 Å². The van der Waals surface area contributed by atoms with Gasteiger partial charge in [-0.1, -0.05) is 108 Å². The number of nitrogens with zero attached hydrogens (tertiary/aromatic N) is 2. The number of carbonyl (C=O) groups is 1. The smallest absolute Gasteiger partial charge is 0.128 e. The second-order valence-electron chi connectivity index (χ2n) is 16.3. The van der Waals surface area contributed by atoms with E-state index in [0.29, 0.717) is 11.5 Å². The zero-order valence-corrected chi connectivity index (χ0v) is 33.8. The van der Waals surface area contributed by atoms with Gasteiger partial charge in [-0.05, 0) is 90.4 Å². The average Bonchev–Trinajstić information content (AvgIpc) is 3.03. The van der Waals surface area contributed by atoms with Gasteiger partial charge in [0.15, 0.2) is 0 Å². The number of aromatic hydroxyl groups is 2. The molecule has 1 saturated carbocycles. The molecule has 2 atom stereocenters. The molecule has 49 heavy (non-hydrogen) atoms. The van der Waals surface area contributed by atoms with Gasteiger partial charge in [-0.3, -0.25) is 9.98 Å². The van der Waals surface area contributed by atoms with Crippen LogP contribution in [0.4, 0.5) is 0 Å². The average molecular weight is 721 g/mol. The first-order valence-electron chi connectivity index (χ1n) is 18.2. The molecule has 3 rings (SSSR count). The van der Waals surface area contributed by atoms with E-state index in [9.17, 15) is 10.2 Å². The van der Waals surface area contributed by atoms with Crippen molar-refractivity contribution in [1.29, 1.82) is 0 Å². The molecule has 0 saturated heterocycles. The van der Waals surface area contributed by atoms with Gasteiger partial charge in [0.2, 0.25) is 0 Å². The Kier molecular flexibility index (Phi) is 16.3. The van der Waals surface area contributed by atoms with E-state index in [2.05, 4.69) is 107 Å². The van der Waals surface area contributed by atoms with E-state index in [1.807, 2.05) is 12.4 Å². The van der Waals surface area contributed by atoms with Crippen LogP contribution >= 0.6 is 0 Å². The van der Waals surface area contributed by atoms with Gasteiger partial charge in [0, 0.05) is 57.4 Å². The van der Waals surface area contributed by atoms with Crippen molar-refractivity contribution in [3.05, 3.63) is 57.6 Å². The minimum atomic E-state index is -1.08. The van der Waals surface area contributed by atoms with Gasteiger partial charge in [-0.2, -0.15) is 0 Å². The molecule has 0 aromatic heterocycles.